The van der Waals surface area contributed by atoms with Crippen molar-refractivity contribution < 1.29 is 24.4 Å². The van der Waals surface area contributed by atoms with E-state index in [1.165, 1.54) is 0 Å². The van der Waals surface area contributed by atoms with Gasteiger partial charge in [-0.25, -0.2) is 0 Å². The Kier molecular flexibility index (Phi) is 7.35. The summed E-state index contributed by atoms with van der Waals surface area (Å²) in [6.07, 6.45) is 2.80. The van der Waals surface area contributed by atoms with Gasteiger partial charge in [0.05, 0.1) is 24.5 Å². The number of hydrogen-bond donors (Lipinski definition) is 4. The molecular formula is C11H21BN2O5S. The summed E-state index contributed by atoms with van der Waals surface area (Å²) in [6, 6.07) is -0.605. The highest BCUT2D eigenvalue weighted by atomic mass is 32.2. The summed E-state index contributed by atoms with van der Waals surface area (Å²) in [5, 5.41) is 21.1. The second kappa shape index (κ2) is 8.51. The van der Waals surface area contributed by atoms with E-state index in [9.17, 15) is 14.6 Å². The standard InChI is InChI=1S/C11H21BN2O5S/c1-20-5-4-8(13)11(17)14-9-3-2-7(6-10(15)16)19-12(9)18/h7-9,18H,2-6,13H2,1H3,(H,14,17)(H,15,16). The van der Waals surface area contributed by atoms with Crippen molar-refractivity contribution in [3.05, 3.63) is 0 Å². The fraction of sp³-hybridized carbons (Fsp3) is 0.818. The first kappa shape index (κ1) is 17.3. The van der Waals surface area contributed by atoms with Gasteiger partial charge in [-0.05, 0) is 31.3 Å². The van der Waals surface area contributed by atoms with Crippen LogP contribution in [0.2, 0.25) is 0 Å². The van der Waals surface area contributed by atoms with Crippen LogP contribution in [-0.2, 0) is 14.2 Å². The number of carbonyl (C=O) groups is 2. The minimum absolute atomic E-state index is 0.148. The maximum absolute atomic E-state index is 11.8. The molecule has 1 amide bonds. The van der Waals surface area contributed by atoms with Crippen LogP contribution in [0, 0.1) is 0 Å². The molecule has 7 nitrogen and oxygen atoms in total. The van der Waals surface area contributed by atoms with Crippen LogP contribution in [0.25, 0.3) is 0 Å². The molecule has 9 heteroatoms. The molecule has 1 saturated heterocycles. The van der Waals surface area contributed by atoms with Crippen molar-refractivity contribution in [3.63, 3.8) is 0 Å². The monoisotopic (exact) mass is 304 g/mol. The average Bonchev–Trinajstić information content (AvgIpc) is 2.38. The Labute approximate surface area is 122 Å². The Morgan fingerprint density at radius 2 is 2.25 bits per heavy atom. The van der Waals surface area contributed by atoms with Gasteiger partial charge in [-0.3, -0.25) is 9.59 Å². The minimum Gasteiger partial charge on any atom is -0.481 e. The van der Waals surface area contributed by atoms with Gasteiger partial charge in [-0.1, -0.05) is 0 Å². The number of carboxylic acid groups (broad SMARTS) is 1. The largest absolute Gasteiger partial charge is 0.481 e. The lowest BCUT2D eigenvalue weighted by atomic mass is 9.72. The third kappa shape index (κ3) is 5.70. The molecular weight excluding hydrogens is 283 g/mol. The van der Waals surface area contributed by atoms with Crippen molar-refractivity contribution in [2.45, 2.75) is 43.8 Å². The van der Waals surface area contributed by atoms with Crippen molar-refractivity contribution in [3.8, 4) is 0 Å². The number of carbonyl (C=O) groups excluding carboxylic acids is 1. The summed E-state index contributed by atoms with van der Waals surface area (Å²) in [7, 11) is -1.19. The fourth-order valence-electron chi connectivity index (χ4n) is 2.02. The van der Waals surface area contributed by atoms with Gasteiger partial charge in [0.2, 0.25) is 5.91 Å². The Morgan fingerprint density at radius 1 is 1.55 bits per heavy atom. The normalized spacial score (nSPS) is 24.2. The van der Waals surface area contributed by atoms with Gasteiger partial charge in [0.1, 0.15) is 0 Å². The Hall–Kier alpha value is -0.765. The number of rotatable bonds is 7. The molecule has 0 spiro atoms. The van der Waals surface area contributed by atoms with Crippen LogP contribution in [0.3, 0.4) is 0 Å². The van der Waals surface area contributed by atoms with Gasteiger partial charge in [-0.15, -0.1) is 0 Å². The smallest absolute Gasteiger partial charge is 0.478 e. The van der Waals surface area contributed by atoms with E-state index in [-0.39, 0.29) is 12.3 Å². The molecule has 0 bridgehead atoms. The summed E-state index contributed by atoms with van der Waals surface area (Å²) in [4.78, 5) is 22.4. The van der Waals surface area contributed by atoms with Crippen LogP contribution in [0.15, 0.2) is 0 Å². The molecule has 1 rings (SSSR count). The van der Waals surface area contributed by atoms with Gasteiger partial charge in [-0.2, -0.15) is 11.8 Å². The first-order valence-corrected chi connectivity index (χ1v) is 7.93. The number of aliphatic carboxylic acids is 1. The molecule has 0 saturated carbocycles. The van der Waals surface area contributed by atoms with Crippen LogP contribution in [0.4, 0.5) is 0 Å². The van der Waals surface area contributed by atoms with E-state index < -0.39 is 31.2 Å². The van der Waals surface area contributed by atoms with Crippen LogP contribution in [0.1, 0.15) is 25.7 Å². The number of thioether (sulfide) groups is 1. The molecule has 1 aliphatic rings. The van der Waals surface area contributed by atoms with E-state index in [1.54, 1.807) is 11.8 Å². The van der Waals surface area contributed by atoms with Crippen molar-refractivity contribution >= 4 is 30.8 Å². The zero-order valence-electron chi connectivity index (χ0n) is 11.4. The van der Waals surface area contributed by atoms with E-state index in [0.29, 0.717) is 19.3 Å². The molecule has 0 aromatic heterocycles. The molecule has 0 aliphatic carbocycles. The van der Waals surface area contributed by atoms with E-state index in [4.69, 9.17) is 15.5 Å². The van der Waals surface area contributed by atoms with Crippen LogP contribution >= 0.6 is 11.8 Å². The van der Waals surface area contributed by atoms with Gasteiger partial charge < -0.3 is 25.8 Å². The highest BCUT2D eigenvalue weighted by molar-refractivity contribution is 7.98. The van der Waals surface area contributed by atoms with Crippen molar-refractivity contribution in [1.82, 2.24) is 5.32 Å². The van der Waals surface area contributed by atoms with Crippen molar-refractivity contribution in [2.75, 3.05) is 12.0 Å². The first-order valence-electron chi connectivity index (χ1n) is 6.54. The second-order valence-electron chi connectivity index (χ2n) is 4.83. The predicted octanol–water partition coefficient (Wildman–Crippen LogP) is -0.775. The molecule has 3 unspecified atom stereocenters. The molecule has 5 N–H and O–H groups in total. The van der Waals surface area contributed by atoms with E-state index in [1.807, 2.05) is 6.26 Å². The molecule has 114 valence electrons. The zero-order chi connectivity index (χ0) is 15.1. The average molecular weight is 304 g/mol. The lowest BCUT2D eigenvalue weighted by Crippen LogP contribution is -2.56. The Balaban J connectivity index is 2.38. The maximum Gasteiger partial charge on any atom is 0.478 e. The number of carboxylic acids is 1. The Morgan fingerprint density at radius 3 is 2.80 bits per heavy atom. The molecule has 0 aromatic rings. The van der Waals surface area contributed by atoms with Gasteiger partial charge >= 0.3 is 13.1 Å². The second-order valence-corrected chi connectivity index (χ2v) is 5.81. The quantitative estimate of drug-likeness (QED) is 0.455. The van der Waals surface area contributed by atoms with Gasteiger partial charge in [0.15, 0.2) is 0 Å². The SMILES string of the molecule is CSCCC(N)C(=O)NC1CCC(CC(=O)O)OB1O. The summed E-state index contributed by atoms with van der Waals surface area (Å²) >= 11 is 1.61. The van der Waals surface area contributed by atoms with Crippen LogP contribution in [0.5, 0.6) is 0 Å². The predicted molar refractivity (Wildman–Crippen MR) is 77.2 cm³/mol. The van der Waals surface area contributed by atoms with Gasteiger partial charge in [0, 0.05) is 0 Å². The molecule has 20 heavy (non-hydrogen) atoms. The molecule has 1 aliphatic heterocycles. The molecule has 0 radical (unpaired) electrons. The molecule has 1 fully saturated rings. The zero-order valence-corrected chi connectivity index (χ0v) is 12.3. The summed E-state index contributed by atoms with van der Waals surface area (Å²) in [5.41, 5.74) is 5.73. The lowest BCUT2D eigenvalue weighted by molar-refractivity contribution is -0.139. The maximum atomic E-state index is 11.8. The third-order valence-corrected chi connectivity index (χ3v) is 3.82. The topological polar surface area (TPSA) is 122 Å². The van der Waals surface area contributed by atoms with Crippen LogP contribution in [-0.4, -0.2) is 59.2 Å². The number of nitrogens with one attached hydrogen (secondary N) is 1. The molecule has 1 heterocycles. The minimum atomic E-state index is -1.19. The summed E-state index contributed by atoms with van der Waals surface area (Å²) in [6.45, 7) is 0. The summed E-state index contributed by atoms with van der Waals surface area (Å²) < 4.78 is 5.19. The number of nitrogens with two attached hydrogens (primary N) is 1. The van der Waals surface area contributed by atoms with E-state index in [0.717, 1.165) is 5.75 Å². The third-order valence-electron chi connectivity index (χ3n) is 3.18. The van der Waals surface area contributed by atoms with Crippen molar-refractivity contribution in [1.29, 1.82) is 0 Å². The van der Waals surface area contributed by atoms with E-state index in [2.05, 4.69) is 5.32 Å². The Bertz CT molecular complexity index is 347. The van der Waals surface area contributed by atoms with Gasteiger partial charge in [0.25, 0.3) is 0 Å². The summed E-state index contributed by atoms with van der Waals surface area (Å²) in [5.74, 6) is -1.03. The lowest BCUT2D eigenvalue weighted by Gasteiger charge is -2.31. The highest BCUT2D eigenvalue weighted by Gasteiger charge is 2.37. The fourth-order valence-corrected chi connectivity index (χ4v) is 2.51. The number of hydrogen-bond acceptors (Lipinski definition) is 6. The first-order chi connectivity index (χ1) is 9.43. The van der Waals surface area contributed by atoms with Crippen molar-refractivity contribution in [2.24, 2.45) is 5.73 Å². The highest BCUT2D eigenvalue weighted by Crippen LogP contribution is 2.18. The van der Waals surface area contributed by atoms with E-state index >= 15 is 0 Å². The number of amides is 1. The molecule has 0 aromatic carbocycles. The molecule has 3 atom stereocenters. The van der Waals surface area contributed by atoms with Crippen LogP contribution < -0.4 is 11.1 Å².